The second-order valence-corrected chi connectivity index (χ2v) is 6.61. The molecule has 0 atom stereocenters. The Morgan fingerprint density at radius 3 is 2.04 bits per heavy atom. The average molecular weight is 304 g/mol. The summed E-state index contributed by atoms with van der Waals surface area (Å²) in [5, 5.41) is 4.68. The third kappa shape index (κ3) is 3.09. The van der Waals surface area contributed by atoms with Crippen LogP contribution < -0.4 is 0 Å². The van der Waals surface area contributed by atoms with Gasteiger partial charge in [-0.1, -0.05) is 69.3 Å². The summed E-state index contributed by atoms with van der Waals surface area (Å²) in [7, 11) is 0. The van der Waals surface area contributed by atoms with E-state index in [2.05, 4.69) is 5.10 Å². The summed E-state index contributed by atoms with van der Waals surface area (Å²) in [5.74, 6) is 0.0797. The lowest BCUT2D eigenvalue weighted by Gasteiger charge is -2.17. The molecule has 3 aromatic rings. The zero-order valence-corrected chi connectivity index (χ0v) is 13.7. The molecule has 3 rings (SSSR count). The number of hydrogen-bond donors (Lipinski definition) is 0. The lowest BCUT2D eigenvalue weighted by atomic mass is 9.88. The molecule has 0 saturated heterocycles. The van der Waals surface area contributed by atoms with Crippen molar-refractivity contribution in [3.8, 4) is 16.9 Å². The Balaban J connectivity index is 2.17. The van der Waals surface area contributed by atoms with Crippen molar-refractivity contribution in [3.05, 3.63) is 72.4 Å². The van der Waals surface area contributed by atoms with E-state index < -0.39 is 5.41 Å². The lowest BCUT2D eigenvalue weighted by molar-refractivity contribution is 0.0850. The number of benzene rings is 2. The second kappa shape index (κ2) is 5.84. The lowest BCUT2D eigenvalue weighted by Crippen LogP contribution is -2.23. The monoisotopic (exact) mass is 304 g/mol. The van der Waals surface area contributed by atoms with E-state index in [0.29, 0.717) is 5.69 Å². The fourth-order valence-electron chi connectivity index (χ4n) is 2.44. The summed E-state index contributed by atoms with van der Waals surface area (Å²) >= 11 is 0. The van der Waals surface area contributed by atoms with Gasteiger partial charge in [0.2, 0.25) is 0 Å². The molecule has 2 aromatic carbocycles. The van der Waals surface area contributed by atoms with Crippen LogP contribution in [0.15, 0.2) is 66.7 Å². The number of Topliss-reactive ketones (excluding diaryl/α,β-unsaturated/α-hetero) is 1. The van der Waals surface area contributed by atoms with Crippen LogP contribution in [0.5, 0.6) is 0 Å². The number of hydrogen-bond acceptors (Lipinski definition) is 2. The molecule has 3 nitrogen and oxygen atoms in total. The molecule has 0 fully saturated rings. The van der Waals surface area contributed by atoms with Gasteiger partial charge < -0.3 is 0 Å². The largest absolute Gasteiger partial charge is 0.292 e. The fraction of sp³-hybridized carbons (Fsp3) is 0.200. The number of para-hydroxylation sites is 1. The van der Waals surface area contributed by atoms with Gasteiger partial charge in [0.05, 0.1) is 11.4 Å². The highest BCUT2D eigenvalue weighted by molar-refractivity contribution is 5.99. The maximum atomic E-state index is 12.8. The van der Waals surface area contributed by atoms with Crippen LogP contribution in [0.25, 0.3) is 16.9 Å². The molecule has 1 aromatic heterocycles. The van der Waals surface area contributed by atoms with Crippen molar-refractivity contribution in [1.82, 2.24) is 9.78 Å². The Morgan fingerprint density at radius 1 is 0.913 bits per heavy atom. The molecular weight excluding hydrogens is 284 g/mol. The van der Waals surface area contributed by atoms with Crippen molar-refractivity contribution in [2.45, 2.75) is 20.8 Å². The quantitative estimate of drug-likeness (QED) is 0.653. The SMILES string of the molecule is CC(C)(C)C(=O)c1cc(-c2ccccc2)nn1-c1ccccc1. The number of ketones is 1. The molecule has 0 aliphatic carbocycles. The highest BCUT2D eigenvalue weighted by atomic mass is 16.1. The molecule has 0 radical (unpaired) electrons. The van der Waals surface area contributed by atoms with E-state index in [1.54, 1.807) is 4.68 Å². The standard InChI is InChI=1S/C20H20N2O/c1-20(2,3)19(23)18-14-17(15-10-6-4-7-11-15)21-22(18)16-12-8-5-9-13-16/h4-14H,1-3H3. The Labute approximate surface area is 136 Å². The summed E-state index contributed by atoms with van der Waals surface area (Å²) < 4.78 is 1.75. The molecule has 0 unspecified atom stereocenters. The van der Waals surface area contributed by atoms with Gasteiger partial charge >= 0.3 is 0 Å². The van der Waals surface area contributed by atoms with E-state index in [1.807, 2.05) is 87.5 Å². The maximum absolute atomic E-state index is 12.8. The Kier molecular flexibility index (Phi) is 3.87. The molecule has 0 bridgehead atoms. The van der Waals surface area contributed by atoms with Gasteiger partial charge in [0.25, 0.3) is 0 Å². The molecule has 3 heteroatoms. The van der Waals surface area contributed by atoms with Crippen molar-refractivity contribution in [2.75, 3.05) is 0 Å². The van der Waals surface area contributed by atoms with Crippen molar-refractivity contribution in [2.24, 2.45) is 5.41 Å². The van der Waals surface area contributed by atoms with E-state index in [-0.39, 0.29) is 5.78 Å². The normalized spacial score (nSPS) is 11.4. The molecule has 0 saturated carbocycles. The zero-order chi connectivity index (χ0) is 16.4. The summed E-state index contributed by atoms with van der Waals surface area (Å²) in [5.41, 5.74) is 2.86. The molecule has 0 amide bonds. The molecule has 0 N–H and O–H groups in total. The first-order valence-electron chi connectivity index (χ1n) is 7.72. The van der Waals surface area contributed by atoms with Crippen molar-refractivity contribution in [3.63, 3.8) is 0 Å². The number of carbonyl (C=O) groups excluding carboxylic acids is 1. The number of nitrogens with zero attached hydrogens (tertiary/aromatic N) is 2. The van der Waals surface area contributed by atoms with Crippen LogP contribution in [0.2, 0.25) is 0 Å². The van der Waals surface area contributed by atoms with E-state index in [9.17, 15) is 4.79 Å². The van der Waals surface area contributed by atoms with Crippen LogP contribution in [0.1, 0.15) is 31.3 Å². The molecule has 0 spiro atoms. The van der Waals surface area contributed by atoms with Gasteiger partial charge in [-0.05, 0) is 18.2 Å². The highest BCUT2D eigenvalue weighted by Gasteiger charge is 2.27. The van der Waals surface area contributed by atoms with Gasteiger partial charge in [-0.2, -0.15) is 5.10 Å². The molecule has 23 heavy (non-hydrogen) atoms. The summed E-state index contributed by atoms with van der Waals surface area (Å²) in [6.45, 7) is 5.79. The van der Waals surface area contributed by atoms with Crippen LogP contribution in [0.3, 0.4) is 0 Å². The first-order valence-corrected chi connectivity index (χ1v) is 7.72. The first kappa shape index (κ1) is 15.2. The molecular formula is C20H20N2O. The minimum absolute atomic E-state index is 0.0797. The zero-order valence-electron chi connectivity index (χ0n) is 13.7. The Hall–Kier alpha value is -2.68. The third-order valence-electron chi connectivity index (χ3n) is 3.69. The third-order valence-corrected chi connectivity index (χ3v) is 3.69. The minimum Gasteiger partial charge on any atom is -0.292 e. The number of rotatable bonds is 3. The minimum atomic E-state index is -0.458. The van der Waals surface area contributed by atoms with Crippen molar-refractivity contribution in [1.29, 1.82) is 0 Å². The van der Waals surface area contributed by atoms with E-state index in [4.69, 9.17) is 0 Å². The summed E-state index contributed by atoms with van der Waals surface area (Å²) in [6.07, 6.45) is 0. The Morgan fingerprint density at radius 2 is 1.48 bits per heavy atom. The van der Waals surface area contributed by atoms with Crippen LogP contribution in [-0.2, 0) is 0 Å². The van der Waals surface area contributed by atoms with Crippen LogP contribution in [0, 0.1) is 5.41 Å². The summed E-state index contributed by atoms with van der Waals surface area (Å²) in [4.78, 5) is 12.8. The van der Waals surface area contributed by atoms with Gasteiger partial charge in [-0.25, -0.2) is 4.68 Å². The Bertz CT molecular complexity index is 812. The van der Waals surface area contributed by atoms with E-state index >= 15 is 0 Å². The maximum Gasteiger partial charge on any atom is 0.186 e. The fourth-order valence-corrected chi connectivity index (χ4v) is 2.44. The van der Waals surface area contributed by atoms with Gasteiger partial charge in [0.1, 0.15) is 5.69 Å². The molecule has 0 aliphatic heterocycles. The highest BCUT2D eigenvalue weighted by Crippen LogP contribution is 2.27. The predicted molar refractivity (Wildman–Crippen MR) is 92.8 cm³/mol. The number of carbonyl (C=O) groups is 1. The van der Waals surface area contributed by atoms with E-state index in [0.717, 1.165) is 16.9 Å². The van der Waals surface area contributed by atoms with Gasteiger partial charge in [0, 0.05) is 11.0 Å². The van der Waals surface area contributed by atoms with Crippen LogP contribution in [0.4, 0.5) is 0 Å². The predicted octanol–water partition coefficient (Wildman–Crippen LogP) is 4.77. The van der Waals surface area contributed by atoms with Crippen molar-refractivity contribution < 1.29 is 4.79 Å². The van der Waals surface area contributed by atoms with Gasteiger partial charge in [0.15, 0.2) is 5.78 Å². The number of aromatic nitrogens is 2. The topological polar surface area (TPSA) is 34.9 Å². The van der Waals surface area contributed by atoms with Crippen LogP contribution >= 0.6 is 0 Å². The molecule has 0 aliphatic rings. The van der Waals surface area contributed by atoms with Gasteiger partial charge in [-0.3, -0.25) is 4.79 Å². The van der Waals surface area contributed by atoms with Crippen molar-refractivity contribution >= 4 is 5.78 Å². The summed E-state index contributed by atoms with van der Waals surface area (Å²) in [6, 6.07) is 21.6. The molecule has 116 valence electrons. The second-order valence-electron chi connectivity index (χ2n) is 6.61. The van der Waals surface area contributed by atoms with Crippen LogP contribution in [-0.4, -0.2) is 15.6 Å². The van der Waals surface area contributed by atoms with E-state index in [1.165, 1.54) is 0 Å². The van der Waals surface area contributed by atoms with Gasteiger partial charge in [-0.15, -0.1) is 0 Å². The average Bonchev–Trinajstić information content (AvgIpc) is 3.00. The molecule has 1 heterocycles. The smallest absolute Gasteiger partial charge is 0.186 e. The first-order chi connectivity index (χ1) is 11.0.